The zero-order valence-electron chi connectivity index (χ0n) is 12.7. The monoisotopic (exact) mass is 283 g/mol. The van der Waals surface area contributed by atoms with Gasteiger partial charge in [0.2, 0.25) is 0 Å². The Kier molecular flexibility index (Phi) is 4.48. The predicted molar refractivity (Wildman–Crippen MR) is 89.0 cm³/mol. The normalized spacial score (nSPS) is 10.2. The minimum Gasteiger partial charge on any atom is -0.397 e. The zero-order chi connectivity index (χ0) is 15.4. The molecule has 2 rings (SSSR count). The summed E-state index contributed by atoms with van der Waals surface area (Å²) in [6.07, 6.45) is 0. The molecule has 110 valence electrons. The second-order valence-electron chi connectivity index (χ2n) is 5.05. The number of amides is 1. The van der Waals surface area contributed by atoms with Gasteiger partial charge in [-0.2, -0.15) is 0 Å². The Morgan fingerprint density at radius 3 is 2.19 bits per heavy atom. The lowest BCUT2D eigenvalue weighted by Gasteiger charge is -2.23. The molecule has 0 spiro atoms. The van der Waals surface area contributed by atoms with Crippen LogP contribution in [-0.4, -0.2) is 26.5 Å². The maximum atomic E-state index is 12.7. The van der Waals surface area contributed by atoms with Crippen molar-refractivity contribution in [2.75, 3.05) is 36.2 Å². The van der Waals surface area contributed by atoms with Crippen molar-refractivity contribution in [3.63, 3.8) is 0 Å². The van der Waals surface area contributed by atoms with Crippen LogP contribution in [0.25, 0.3) is 0 Å². The van der Waals surface area contributed by atoms with Gasteiger partial charge in [-0.05, 0) is 43.3 Å². The average Bonchev–Trinajstić information content (AvgIpc) is 2.50. The van der Waals surface area contributed by atoms with Gasteiger partial charge in [0.1, 0.15) is 0 Å². The number of hydrogen-bond donors (Lipinski definition) is 1. The summed E-state index contributed by atoms with van der Waals surface area (Å²) in [6.45, 7) is 2.51. The smallest absolute Gasteiger partial charge is 0.258 e. The number of nitrogen functional groups attached to an aromatic ring is 1. The van der Waals surface area contributed by atoms with E-state index in [2.05, 4.69) is 0 Å². The average molecular weight is 283 g/mol. The van der Waals surface area contributed by atoms with Crippen LogP contribution in [-0.2, 0) is 0 Å². The molecule has 0 saturated carbocycles. The van der Waals surface area contributed by atoms with Gasteiger partial charge < -0.3 is 15.5 Å². The van der Waals surface area contributed by atoms with E-state index in [1.54, 1.807) is 11.0 Å². The van der Waals surface area contributed by atoms with Crippen LogP contribution in [0.1, 0.15) is 17.3 Å². The molecular formula is C17H21N3O. The molecule has 2 aromatic rings. The van der Waals surface area contributed by atoms with Crippen molar-refractivity contribution in [1.82, 2.24) is 0 Å². The lowest BCUT2D eigenvalue weighted by atomic mass is 10.1. The lowest BCUT2D eigenvalue weighted by molar-refractivity contribution is 0.0988. The van der Waals surface area contributed by atoms with Crippen molar-refractivity contribution in [2.24, 2.45) is 0 Å². The molecule has 0 aliphatic heterocycles. The van der Waals surface area contributed by atoms with Crippen LogP contribution in [0.15, 0.2) is 48.5 Å². The van der Waals surface area contributed by atoms with E-state index in [0.717, 1.165) is 11.4 Å². The fraction of sp³-hybridized carbons (Fsp3) is 0.235. The molecule has 2 aromatic carbocycles. The van der Waals surface area contributed by atoms with E-state index in [9.17, 15) is 4.79 Å². The quantitative estimate of drug-likeness (QED) is 0.878. The molecule has 0 unspecified atom stereocenters. The van der Waals surface area contributed by atoms with E-state index in [-0.39, 0.29) is 5.91 Å². The number of nitrogens with two attached hydrogens (primary N) is 1. The first-order chi connectivity index (χ1) is 10.0. The third-order valence-corrected chi connectivity index (χ3v) is 3.42. The molecule has 0 bridgehead atoms. The van der Waals surface area contributed by atoms with Gasteiger partial charge in [-0.1, -0.05) is 12.1 Å². The number of hydrogen-bond acceptors (Lipinski definition) is 3. The second kappa shape index (κ2) is 6.31. The first-order valence-electron chi connectivity index (χ1n) is 6.98. The minimum atomic E-state index is -0.0410. The van der Waals surface area contributed by atoms with E-state index in [4.69, 9.17) is 5.73 Å². The summed E-state index contributed by atoms with van der Waals surface area (Å²) in [5.74, 6) is -0.0410. The van der Waals surface area contributed by atoms with Crippen molar-refractivity contribution in [2.45, 2.75) is 6.92 Å². The van der Waals surface area contributed by atoms with Gasteiger partial charge in [-0.25, -0.2) is 0 Å². The molecule has 0 saturated heterocycles. The van der Waals surface area contributed by atoms with Crippen LogP contribution in [0.4, 0.5) is 17.1 Å². The fourth-order valence-corrected chi connectivity index (χ4v) is 2.21. The van der Waals surface area contributed by atoms with Gasteiger partial charge in [0.05, 0.1) is 11.4 Å². The van der Waals surface area contributed by atoms with Crippen LogP contribution in [0.5, 0.6) is 0 Å². The molecule has 0 radical (unpaired) electrons. The van der Waals surface area contributed by atoms with E-state index in [1.807, 2.05) is 68.4 Å². The molecule has 0 atom stereocenters. The highest BCUT2D eigenvalue weighted by molar-refractivity contribution is 6.07. The van der Waals surface area contributed by atoms with Crippen molar-refractivity contribution in [1.29, 1.82) is 0 Å². The second-order valence-corrected chi connectivity index (χ2v) is 5.05. The third kappa shape index (κ3) is 3.16. The summed E-state index contributed by atoms with van der Waals surface area (Å²) in [5.41, 5.74) is 9.06. The number of nitrogens with zero attached hydrogens (tertiary/aromatic N) is 2. The molecule has 0 heterocycles. The lowest BCUT2D eigenvalue weighted by Crippen LogP contribution is -2.31. The van der Waals surface area contributed by atoms with Crippen molar-refractivity contribution in [3.05, 3.63) is 54.1 Å². The van der Waals surface area contributed by atoms with Crippen molar-refractivity contribution in [3.8, 4) is 0 Å². The summed E-state index contributed by atoms with van der Waals surface area (Å²) in [6, 6.07) is 15.0. The molecule has 4 heteroatoms. The summed E-state index contributed by atoms with van der Waals surface area (Å²) in [5, 5.41) is 0. The summed E-state index contributed by atoms with van der Waals surface area (Å²) < 4.78 is 0. The van der Waals surface area contributed by atoms with Gasteiger partial charge in [0, 0.05) is 31.9 Å². The van der Waals surface area contributed by atoms with E-state index < -0.39 is 0 Å². The van der Waals surface area contributed by atoms with Crippen molar-refractivity contribution < 1.29 is 4.79 Å². The Labute approximate surface area is 125 Å². The van der Waals surface area contributed by atoms with Crippen LogP contribution < -0.4 is 15.5 Å². The number of para-hydroxylation sites is 2. The Morgan fingerprint density at radius 2 is 1.67 bits per heavy atom. The molecule has 0 fully saturated rings. The Morgan fingerprint density at radius 1 is 1.05 bits per heavy atom. The fourth-order valence-electron chi connectivity index (χ4n) is 2.21. The summed E-state index contributed by atoms with van der Waals surface area (Å²) >= 11 is 0. The predicted octanol–water partition coefficient (Wildman–Crippen LogP) is 3.00. The van der Waals surface area contributed by atoms with Crippen LogP contribution >= 0.6 is 0 Å². The van der Waals surface area contributed by atoms with E-state index in [1.165, 1.54) is 0 Å². The standard InChI is InChI=1S/C17H21N3O/c1-4-20(16-8-6-5-7-15(16)18)17(21)13-9-11-14(12-10-13)19(2)3/h5-12H,4,18H2,1-3H3. The zero-order valence-corrected chi connectivity index (χ0v) is 12.7. The van der Waals surface area contributed by atoms with Gasteiger partial charge >= 0.3 is 0 Å². The minimum absolute atomic E-state index is 0.0410. The van der Waals surface area contributed by atoms with E-state index >= 15 is 0 Å². The van der Waals surface area contributed by atoms with Gasteiger partial charge in [0.15, 0.2) is 0 Å². The number of carbonyl (C=O) groups excluding carboxylic acids is 1. The highest BCUT2D eigenvalue weighted by Gasteiger charge is 2.17. The number of rotatable bonds is 4. The molecule has 0 aromatic heterocycles. The molecule has 4 nitrogen and oxygen atoms in total. The topological polar surface area (TPSA) is 49.6 Å². The van der Waals surface area contributed by atoms with Crippen LogP contribution in [0.3, 0.4) is 0 Å². The maximum absolute atomic E-state index is 12.7. The highest BCUT2D eigenvalue weighted by atomic mass is 16.2. The van der Waals surface area contributed by atoms with E-state index in [0.29, 0.717) is 17.8 Å². The Balaban J connectivity index is 2.30. The maximum Gasteiger partial charge on any atom is 0.258 e. The molecule has 2 N–H and O–H groups in total. The molecule has 1 amide bonds. The highest BCUT2D eigenvalue weighted by Crippen LogP contribution is 2.24. The summed E-state index contributed by atoms with van der Waals surface area (Å²) in [4.78, 5) is 16.4. The first kappa shape index (κ1) is 14.9. The first-order valence-corrected chi connectivity index (χ1v) is 6.98. The number of benzene rings is 2. The van der Waals surface area contributed by atoms with Gasteiger partial charge in [-0.3, -0.25) is 4.79 Å². The van der Waals surface area contributed by atoms with Crippen LogP contribution in [0.2, 0.25) is 0 Å². The molecule has 21 heavy (non-hydrogen) atoms. The van der Waals surface area contributed by atoms with Gasteiger partial charge in [0.25, 0.3) is 5.91 Å². The van der Waals surface area contributed by atoms with Gasteiger partial charge in [-0.15, -0.1) is 0 Å². The Bertz CT molecular complexity index is 620. The number of carbonyl (C=O) groups is 1. The largest absolute Gasteiger partial charge is 0.397 e. The Hall–Kier alpha value is -2.49. The summed E-state index contributed by atoms with van der Waals surface area (Å²) in [7, 11) is 3.94. The van der Waals surface area contributed by atoms with Crippen molar-refractivity contribution >= 4 is 23.0 Å². The molecule has 0 aliphatic carbocycles. The number of anilines is 3. The third-order valence-electron chi connectivity index (χ3n) is 3.42. The SMILES string of the molecule is CCN(C(=O)c1ccc(N(C)C)cc1)c1ccccc1N. The molecule has 0 aliphatic rings. The van der Waals surface area contributed by atoms with Crippen LogP contribution in [0, 0.1) is 0 Å². The molecular weight excluding hydrogens is 262 g/mol.